The van der Waals surface area contributed by atoms with Crippen LogP contribution in [-0.4, -0.2) is 24.3 Å². The Kier molecular flexibility index (Phi) is 2.33. The molecular formula is C11H10ClN5. The number of hydrogen-bond acceptors (Lipinski definition) is 3. The smallest absolute Gasteiger partial charge is 0.129 e. The zero-order valence-corrected chi connectivity index (χ0v) is 9.96. The number of aryl methyl sites for hydroxylation is 1. The molecule has 0 atom stereocenters. The van der Waals surface area contributed by atoms with E-state index in [1.807, 2.05) is 23.9 Å². The van der Waals surface area contributed by atoms with Crippen LogP contribution in [-0.2, 0) is 12.9 Å². The quantitative estimate of drug-likeness (QED) is 0.650. The van der Waals surface area contributed by atoms with E-state index in [1.165, 1.54) is 0 Å². The summed E-state index contributed by atoms with van der Waals surface area (Å²) in [6, 6.07) is 1.92. The Balaban J connectivity index is 2.33. The van der Waals surface area contributed by atoms with Crippen molar-refractivity contribution in [1.82, 2.24) is 24.3 Å². The first-order chi connectivity index (χ1) is 8.29. The van der Waals surface area contributed by atoms with E-state index in [0.29, 0.717) is 5.88 Å². The molecule has 0 fully saturated rings. The largest absolute Gasteiger partial charge is 0.292 e. The average molecular weight is 248 g/mol. The van der Waals surface area contributed by atoms with Gasteiger partial charge >= 0.3 is 0 Å². The molecule has 0 N–H and O–H groups in total. The Labute approximate surface area is 103 Å². The SMILES string of the molecule is Cn1cc(-n2c(CCl)nc3cnccc32)cn1. The third-order valence-electron chi connectivity index (χ3n) is 2.60. The number of hydrogen-bond donors (Lipinski definition) is 0. The summed E-state index contributed by atoms with van der Waals surface area (Å²) in [4.78, 5) is 8.51. The Bertz CT molecular complexity index is 669. The number of halogens is 1. The predicted molar refractivity (Wildman–Crippen MR) is 65.2 cm³/mol. The summed E-state index contributed by atoms with van der Waals surface area (Å²) in [7, 11) is 1.88. The first kappa shape index (κ1) is 10.3. The van der Waals surface area contributed by atoms with Gasteiger partial charge in [-0.3, -0.25) is 14.2 Å². The van der Waals surface area contributed by atoms with E-state index in [-0.39, 0.29) is 0 Å². The zero-order valence-electron chi connectivity index (χ0n) is 9.21. The molecule has 0 bridgehead atoms. The lowest BCUT2D eigenvalue weighted by atomic mass is 10.4. The van der Waals surface area contributed by atoms with Gasteiger partial charge in [0.2, 0.25) is 0 Å². The topological polar surface area (TPSA) is 48.5 Å². The van der Waals surface area contributed by atoms with Crippen LogP contribution in [0, 0.1) is 0 Å². The Morgan fingerprint density at radius 2 is 2.24 bits per heavy atom. The fourth-order valence-corrected chi connectivity index (χ4v) is 2.06. The zero-order chi connectivity index (χ0) is 11.8. The van der Waals surface area contributed by atoms with Crippen molar-refractivity contribution in [2.24, 2.45) is 7.05 Å². The fraction of sp³-hybridized carbons (Fsp3) is 0.182. The van der Waals surface area contributed by atoms with Crippen LogP contribution in [0.4, 0.5) is 0 Å². The van der Waals surface area contributed by atoms with E-state index in [2.05, 4.69) is 15.1 Å². The van der Waals surface area contributed by atoms with Crippen molar-refractivity contribution in [3.8, 4) is 5.69 Å². The molecule has 86 valence electrons. The summed E-state index contributed by atoms with van der Waals surface area (Å²) < 4.78 is 3.75. The van der Waals surface area contributed by atoms with Crippen molar-refractivity contribution < 1.29 is 0 Å². The van der Waals surface area contributed by atoms with Crippen molar-refractivity contribution in [2.45, 2.75) is 5.88 Å². The van der Waals surface area contributed by atoms with Crippen LogP contribution in [0.25, 0.3) is 16.7 Å². The van der Waals surface area contributed by atoms with Crippen LogP contribution < -0.4 is 0 Å². The highest BCUT2D eigenvalue weighted by atomic mass is 35.5. The van der Waals surface area contributed by atoms with Crippen molar-refractivity contribution in [3.05, 3.63) is 36.7 Å². The second-order valence-electron chi connectivity index (χ2n) is 3.73. The van der Waals surface area contributed by atoms with Gasteiger partial charge in [-0.2, -0.15) is 5.10 Å². The predicted octanol–water partition coefficient (Wildman–Crippen LogP) is 1.89. The van der Waals surface area contributed by atoms with Crippen molar-refractivity contribution in [2.75, 3.05) is 0 Å². The molecule has 0 aliphatic heterocycles. The number of pyridine rings is 1. The molecule has 3 aromatic heterocycles. The number of imidazole rings is 1. The summed E-state index contributed by atoms with van der Waals surface area (Å²) in [6.45, 7) is 0. The first-order valence-electron chi connectivity index (χ1n) is 5.16. The van der Waals surface area contributed by atoms with Gasteiger partial charge in [-0.25, -0.2) is 4.98 Å². The molecule has 5 nitrogen and oxygen atoms in total. The van der Waals surface area contributed by atoms with Gasteiger partial charge in [0.25, 0.3) is 0 Å². The molecule has 0 saturated carbocycles. The molecule has 0 radical (unpaired) electrons. The monoisotopic (exact) mass is 247 g/mol. The minimum atomic E-state index is 0.351. The third-order valence-corrected chi connectivity index (χ3v) is 2.83. The van der Waals surface area contributed by atoms with Crippen LogP contribution in [0.1, 0.15) is 5.82 Å². The molecule has 0 amide bonds. The van der Waals surface area contributed by atoms with Crippen molar-refractivity contribution in [3.63, 3.8) is 0 Å². The molecule has 3 aromatic rings. The standard InChI is InChI=1S/C11H10ClN5/c1-16-7-8(5-14-16)17-10-2-3-13-6-9(10)15-11(17)4-12/h2-3,5-7H,4H2,1H3. The number of rotatable bonds is 2. The number of aromatic nitrogens is 5. The lowest BCUT2D eigenvalue weighted by molar-refractivity contribution is 0.767. The fourth-order valence-electron chi connectivity index (χ4n) is 1.88. The molecule has 0 spiro atoms. The van der Waals surface area contributed by atoms with Gasteiger partial charge < -0.3 is 0 Å². The summed E-state index contributed by atoms with van der Waals surface area (Å²) in [5, 5.41) is 4.16. The maximum Gasteiger partial charge on any atom is 0.129 e. The lowest BCUT2D eigenvalue weighted by Crippen LogP contribution is -1.97. The molecule has 0 aliphatic carbocycles. The van der Waals surface area contributed by atoms with E-state index in [9.17, 15) is 0 Å². The van der Waals surface area contributed by atoms with Crippen LogP contribution in [0.3, 0.4) is 0 Å². The highest BCUT2D eigenvalue weighted by molar-refractivity contribution is 6.17. The minimum Gasteiger partial charge on any atom is -0.292 e. The number of fused-ring (bicyclic) bond motifs is 1. The minimum absolute atomic E-state index is 0.351. The highest BCUT2D eigenvalue weighted by Crippen LogP contribution is 2.21. The van der Waals surface area contributed by atoms with Gasteiger partial charge in [0.05, 0.1) is 29.5 Å². The van der Waals surface area contributed by atoms with Crippen LogP contribution in [0.5, 0.6) is 0 Å². The summed E-state index contributed by atoms with van der Waals surface area (Å²) >= 11 is 5.93. The van der Waals surface area contributed by atoms with Gasteiger partial charge in [-0.05, 0) is 6.07 Å². The van der Waals surface area contributed by atoms with Gasteiger partial charge in [0.1, 0.15) is 11.3 Å². The lowest BCUT2D eigenvalue weighted by Gasteiger charge is -2.03. The Morgan fingerprint density at radius 3 is 2.94 bits per heavy atom. The first-order valence-corrected chi connectivity index (χ1v) is 5.69. The highest BCUT2D eigenvalue weighted by Gasteiger charge is 2.12. The van der Waals surface area contributed by atoms with Gasteiger partial charge in [-0.15, -0.1) is 11.6 Å². The van der Waals surface area contributed by atoms with Crippen LogP contribution >= 0.6 is 11.6 Å². The molecule has 3 heterocycles. The van der Waals surface area contributed by atoms with Gasteiger partial charge in [0.15, 0.2) is 0 Å². The number of nitrogens with zero attached hydrogens (tertiary/aromatic N) is 5. The molecule has 3 rings (SSSR count). The second kappa shape index (κ2) is 3.85. The summed E-state index contributed by atoms with van der Waals surface area (Å²) in [6.07, 6.45) is 7.20. The van der Waals surface area contributed by atoms with E-state index in [0.717, 1.165) is 22.5 Å². The molecule has 6 heteroatoms. The third kappa shape index (κ3) is 1.59. The van der Waals surface area contributed by atoms with Gasteiger partial charge in [-0.1, -0.05) is 0 Å². The molecule has 0 saturated heterocycles. The molecule has 0 aliphatic rings. The van der Waals surface area contributed by atoms with E-state index in [1.54, 1.807) is 23.3 Å². The normalized spacial score (nSPS) is 11.2. The van der Waals surface area contributed by atoms with Crippen LogP contribution in [0.15, 0.2) is 30.9 Å². The molecule has 17 heavy (non-hydrogen) atoms. The van der Waals surface area contributed by atoms with Crippen molar-refractivity contribution in [1.29, 1.82) is 0 Å². The maximum absolute atomic E-state index is 5.93. The molecule has 0 unspecified atom stereocenters. The van der Waals surface area contributed by atoms with Crippen molar-refractivity contribution >= 4 is 22.6 Å². The Morgan fingerprint density at radius 1 is 1.35 bits per heavy atom. The molecule has 0 aromatic carbocycles. The second-order valence-corrected chi connectivity index (χ2v) is 4.00. The summed E-state index contributed by atoms with van der Waals surface area (Å²) in [5.41, 5.74) is 2.78. The van der Waals surface area contributed by atoms with E-state index >= 15 is 0 Å². The van der Waals surface area contributed by atoms with Crippen LogP contribution in [0.2, 0.25) is 0 Å². The van der Waals surface area contributed by atoms with E-state index in [4.69, 9.17) is 11.6 Å². The average Bonchev–Trinajstić information content (AvgIpc) is 2.91. The van der Waals surface area contributed by atoms with Gasteiger partial charge in [0, 0.05) is 19.4 Å². The molecular weight excluding hydrogens is 238 g/mol. The van der Waals surface area contributed by atoms with E-state index < -0.39 is 0 Å². The summed E-state index contributed by atoms with van der Waals surface area (Å²) in [5.74, 6) is 1.14. The maximum atomic E-state index is 5.93. The Hall–Kier alpha value is -1.88. The number of alkyl halides is 1.